The van der Waals surface area contributed by atoms with Gasteiger partial charge in [0.05, 0.1) is 12.7 Å². The van der Waals surface area contributed by atoms with Crippen molar-refractivity contribution in [3.63, 3.8) is 0 Å². The second-order valence-corrected chi connectivity index (χ2v) is 6.11. The average molecular weight is 290 g/mol. The van der Waals surface area contributed by atoms with Gasteiger partial charge in [-0.1, -0.05) is 6.07 Å². The van der Waals surface area contributed by atoms with Crippen LogP contribution in [0.25, 0.3) is 0 Å². The molecule has 1 aromatic carbocycles. The zero-order valence-electron chi connectivity index (χ0n) is 12.4. The number of nitrogens with zero attached hydrogens (tertiary/aromatic N) is 1. The van der Waals surface area contributed by atoms with Gasteiger partial charge in [-0.15, -0.1) is 0 Å². The van der Waals surface area contributed by atoms with Crippen molar-refractivity contribution >= 4 is 5.91 Å². The van der Waals surface area contributed by atoms with Crippen LogP contribution in [0.4, 0.5) is 0 Å². The van der Waals surface area contributed by atoms with Crippen LogP contribution in [0, 0.1) is 5.41 Å². The molecule has 5 nitrogen and oxygen atoms in total. The van der Waals surface area contributed by atoms with Crippen LogP contribution in [-0.2, 0) is 0 Å². The van der Waals surface area contributed by atoms with Crippen LogP contribution in [-0.4, -0.2) is 49.2 Å². The van der Waals surface area contributed by atoms with Crippen molar-refractivity contribution in [2.45, 2.75) is 19.3 Å². The summed E-state index contributed by atoms with van der Waals surface area (Å²) in [6.45, 7) is 3.56. The Morgan fingerprint density at radius 1 is 1.43 bits per heavy atom. The topological polar surface area (TPSA) is 61.8 Å². The van der Waals surface area contributed by atoms with Crippen LogP contribution >= 0.6 is 0 Å². The Hall–Kier alpha value is -1.75. The molecule has 2 heterocycles. The predicted octanol–water partition coefficient (Wildman–Crippen LogP) is 1.62. The van der Waals surface area contributed by atoms with Gasteiger partial charge in [-0.2, -0.15) is 0 Å². The van der Waals surface area contributed by atoms with E-state index in [1.807, 2.05) is 4.90 Å². The fraction of sp³-hybridized carbons (Fsp3) is 0.562. The fourth-order valence-electron chi connectivity index (χ4n) is 3.56. The number of ether oxygens (including phenoxy) is 1. The minimum absolute atomic E-state index is 0.0610. The molecule has 1 amide bonds. The predicted molar refractivity (Wildman–Crippen MR) is 79.7 cm³/mol. The van der Waals surface area contributed by atoms with E-state index in [-0.39, 0.29) is 17.1 Å². The van der Waals surface area contributed by atoms with Gasteiger partial charge in [-0.25, -0.2) is 0 Å². The summed E-state index contributed by atoms with van der Waals surface area (Å²) in [5.41, 5.74) is 0.555. The Bertz CT molecular complexity index is 538. The number of phenolic OH excluding ortho intramolecular Hbond substituents is 1. The second-order valence-electron chi connectivity index (χ2n) is 6.11. The fourth-order valence-corrected chi connectivity index (χ4v) is 3.56. The quantitative estimate of drug-likeness (QED) is 0.869. The lowest BCUT2D eigenvalue weighted by Crippen LogP contribution is -2.47. The zero-order valence-corrected chi connectivity index (χ0v) is 12.4. The number of hydrogen-bond donors (Lipinski definition) is 2. The highest BCUT2D eigenvalue weighted by Crippen LogP contribution is 2.37. The molecule has 0 radical (unpaired) electrons. The lowest BCUT2D eigenvalue weighted by molar-refractivity contribution is 0.0550. The van der Waals surface area contributed by atoms with Crippen LogP contribution in [0.1, 0.15) is 29.6 Å². The SMILES string of the molecule is COc1cccc(C(=O)N2CCC[C@@]3(CCNC3)C2)c1O. The van der Waals surface area contributed by atoms with E-state index in [2.05, 4.69) is 5.32 Å². The van der Waals surface area contributed by atoms with Gasteiger partial charge in [0.1, 0.15) is 0 Å². The van der Waals surface area contributed by atoms with Crippen molar-refractivity contribution in [1.82, 2.24) is 10.2 Å². The third kappa shape index (κ3) is 2.58. The molecule has 21 heavy (non-hydrogen) atoms. The normalized spacial score (nSPS) is 25.3. The number of rotatable bonds is 2. The number of benzene rings is 1. The number of amides is 1. The van der Waals surface area contributed by atoms with Gasteiger partial charge in [-0.05, 0) is 37.9 Å². The average Bonchev–Trinajstić information content (AvgIpc) is 2.94. The van der Waals surface area contributed by atoms with Gasteiger partial charge in [0.25, 0.3) is 5.91 Å². The number of carbonyl (C=O) groups excluding carboxylic acids is 1. The molecule has 2 aliphatic heterocycles. The molecule has 1 atom stereocenters. The molecule has 1 spiro atoms. The summed E-state index contributed by atoms with van der Waals surface area (Å²) in [6.07, 6.45) is 3.33. The van der Waals surface area contributed by atoms with Crippen molar-refractivity contribution in [3.8, 4) is 11.5 Å². The maximum Gasteiger partial charge on any atom is 0.257 e. The first-order valence-electron chi connectivity index (χ1n) is 7.51. The molecule has 0 aliphatic carbocycles. The highest BCUT2D eigenvalue weighted by molar-refractivity contribution is 5.97. The maximum absolute atomic E-state index is 12.7. The first kappa shape index (κ1) is 14.2. The largest absolute Gasteiger partial charge is 0.504 e. The molecule has 2 saturated heterocycles. The van der Waals surface area contributed by atoms with Crippen molar-refractivity contribution in [3.05, 3.63) is 23.8 Å². The van der Waals surface area contributed by atoms with Gasteiger partial charge in [0.15, 0.2) is 11.5 Å². The maximum atomic E-state index is 12.7. The molecule has 2 aliphatic rings. The van der Waals surface area contributed by atoms with Crippen molar-refractivity contribution in [1.29, 1.82) is 0 Å². The zero-order chi connectivity index (χ0) is 14.9. The van der Waals surface area contributed by atoms with Crippen LogP contribution < -0.4 is 10.1 Å². The summed E-state index contributed by atoms with van der Waals surface area (Å²) in [4.78, 5) is 14.6. The van der Waals surface area contributed by atoms with E-state index in [1.165, 1.54) is 13.5 Å². The molecule has 0 bridgehead atoms. The van der Waals surface area contributed by atoms with Crippen LogP contribution in [0.15, 0.2) is 18.2 Å². The van der Waals surface area contributed by atoms with Crippen molar-refractivity contribution < 1.29 is 14.6 Å². The summed E-state index contributed by atoms with van der Waals surface area (Å²) in [5, 5.41) is 13.6. The van der Waals surface area contributed by atoms with E-state index in [0.717, 1.165) is 39.0 Å². The van der Waals surface area contributed by atoms with Gasteiger partial charge < -0.3 is 20.1 Å². The van der Waals surface area contributed by atoms with E-state index < -0.39 is 0 Å². The minimum atomic E-state index is -0.0997. The number of aromatic hydroxyl groups is 1. The summed E-state index contributed by atoms with van der Waals surface area (Å²) in [6, 6.07) is 5.06. The number of phenols is 1. The lowest BCUT2D eigenvalue weighted by Gasteiger charge is -2.40. The highest BCUT2D eigenvalue weighted by atomic mass is 16.5. The van der Waals surface area contributed by atoms with Crippen molar-refractivity contribution in [2.75, 3.05) is 33.3 Å². The molecule has 2 N–H and O–H groups in total. The van der Waals surface area contributed by atoms with E-state index >= 15 is 0 Å². The Kier molecular flexibility index (Phi) is 3.76. The van der Waals surface area contributed by atoms with E-state index in [4.69, 9.17) is 4.74 Å². The molecule has 0 aromatic heterocycles. The molecule has 0 saturated carbocycles. The molecule has 0 unspecified atom stereocenters. The summed E-state index contributed by atoms with van der Waals surface area (Å²) in [5.74, 6) is 0.182. The van der Waals surface area contributed by atoms with Crippen LogP contribution in [0.2, 0.25) is 0 Å². The highest BCUT2D eigenvalue weighted by Gasteiger charge is 2.39. The Morgan fingerprint density at radius 3 is 3.00 bits per heavy atom. The summed E-state index contributed by atoms with van der Waals surface area (Å²) < 4.78 is 5.09. The number of para-hydroxylation sites is 1. The molecular weight excluding hydrogens is 268 g/mol. The van der Waals surface area contributed by atoms with Crippen LogP contribution in [0.5, 0.6) is 11.5 Å². The summed E-state index contributed by atoms with van der Waals surface area (Å²) >= 11 is 0. The third-order valence-electron chi connectivity index (χ3n) is 4.73. The Morgan fingerprint density at radius 2 is 2.29 bits per heavy atom. The first-order valence-corrected chi connectivity index (χ1v) is 7.51. The Labute approximate surface area is 124 Å². The third-order valence-corrected chi connectivity index (χ3v) is 4.73. The number of likely N-dealkylation sites (tertiary alicyclic amines) is 1. The minimum Gasteiger partial charge on any atom is -0.504 e. The van der Waals surface area contributed by atoms with Gasteiger partial charge in [0.2, 0.25) is 0 Å². The number of nitrogens with one attached hydrogen (secondary N) is 1. The molecule has 1 aromatic rings. The molecule has 5 heteroatoms. The molecule has 3 rings (SSSR count). The van der Waals surface area contributed by atoms with Gasteiger partial charge >= 0.3 is 0 Å². The molecular formula is C16H22N2O3. The number of methoxy groups -OCH3 is 1. The monoisotopic (exact) mass is 290 g/mol. The van der Waals surface area contributed by atoms with Gasteiger partial charge in [0, 0.05) is 25.0 Å². The Balaban J connectivity index is 1.82. The standard InChI is InChI=1S/C16H22N2O3/c1-21-13-5-2-4-12(14(13)19)15(20)18-9-3-6-16(11-18)7-8-17-10-16/h2,4-5,17,19H,3,6-11H2,1H3/t16-/m0/s1. The van der Waals surface area contributed by atoms with E-state index in [9.17, 15) is 9.90 Å². The molecule has 2 fully saturated rings. The second kappa shape index (κ2) is 5.56. The van der Waals surface area contributed by atoms with E-state index in [1.54, 1.807) is 18.2 Å². The number of hydrogen-bond acceptors (Lipinski definition) is 4. The van der Waals surface area contributed by atoms with Crippen LogP contribution in [0.3, 0.4) is 0 Å². The summed E-state index contributed by atoms with van der Waals surface area (Å²) in [7, 11) is 1.49. The van der Waals surface area contributed by atoms with Gasteiger partial charge in [-0.3, -0.25) is 4.79 Å². The lowest BCUT2D eigenvalue weighted by atomic mass is 9.79. The number of carbonyl (C=O) groups is 1. The van der Waals surface area contributed by atoms with E-state index in [0.29, 0.717) is 11.3 Å². The smallest absolute Gasteiger partial charge is 0.257 e. The van der Waals surface area contributed by atoms with Crippen molar-refractivity contribution in [2.24, 2.45) is 5.41 Å². The molecule has 114 valence electrons. The first-order chi connectivity index (χ1) is 10.2. The number of piperidine rings is 1.